The van der Waals surface area contributed by atoms with Crippen LogP contribution in [0.3, 0.4) is 0 Å². The zero-order valence-corrected chi connectivity index (χ0v) is 18.7. The Bertz CT molecular complexity index is 895. The number of halogens is 2. The third kappa shape index (κ3) is 4.87. The van der Waals surface area contributed by atoms with Crippen molar-refractivity contribution < 1.29 is 12.4 Å². The Morgan fingerprint density at radius 1 is 0.621 bits per heavy atom. The lowest BCUT2D eigenvalue weighted by molar-refractivity contribution is -0.00000559. The Morgan fingerprint density at radius 3 is 1.38 bits per heavy atom. The first-order chi connectivity index (χ1) is 13.3. The molecule has 0 atom stereocenters. The van der Waals surface area contributed by atoms with Gasteiger partial charge in [0.05, 0.1) is 6.16 Å². The summed E-state index contributed by atoms with van der Waals surface area (Å²) in [5, 5.41) is 4.22. The van der Waals surface area contributed by atoms with Gasteiger partial charge in [0, 0.05) is 17.5 Å². The number of rotatable bonds is 5. The molecule has 0 saturated carbocycles. The molecule has 29 heavy (non-hydrogen) atoms. The van der Waals surface area contributed by atoms with Gasteiger partial charge >= 0.3 is 0 Å². The van der Waals surface area contributed by atoms with Crippen LogP contribution in [0.4, 0.5) is 0 Å². The molecule has 4 aromatic rings. The lowest BCUT2D eigenvalue weighted by Gasteiger charge is -2.27. The Balaban J connectivity index is 0.00000150. The van der Waals surface area contributed by atoms with Gasteiger partial charge in [-0.1, -0.05) is 60.7 Å². The number of hydrogen-bond donors (Lipinski definition) is 0. The molecule has 148 valence electrons. The maximum Gasteiger partial charge on any atom is 0.116 e. The van der Waals surface area contributed by atoms with Crippen molar-refractivity contribution in [1.82, 2.24) is 4.98 Å². The second-order valence-electron chi connectivity index (χ2n) is 6.78. The topological polar surface area (TPSA) is 12.9 Å². The first-order valence-electron chi connectivity index (χ1n) is 9.25. The van der Waals surface area contributed by atoms with E-state index >= 15 is 0 Å². The molecule has 1 aromatic heterocycles. The summed E-state index contributed by atoms with van der Waals surface area (Å²) in [5.74, 6) is 0. The van der Waals surface area contributed by atoms with E-state index in [0.717, 1.165) is 11.9 Å². The van der Waals surface area contributed by atoms with Gasteiger partial charge in [-0.2, -0.15) is 0 Å². The highest BCUT2D eigenvalue weighted by Crippen LogP contribution is 2.58. The molecule has 0 unspecified atom stereocenters. The maximum atomic E-state index is 4.56. The number of aryl methyl sites for hydroxylation is 1. The van der Waals surface area contributed by atoms with E-state index in [0.29, 0.717) is 0 Å². The van der Waals surface area contributed by atoms with Crippen LogP contribution in [0.25, 0.3) is 0 Å². The van der Waals surface area contributed by atoms with Crippen LogP contribution in [0.5, 0.6) is 0 Å². The van der Waals surface area contributed by atoms with Crippen LogP contribution in [0.1, 0.15) is 11.3 Å². The molecule has 0 amide bonds. The minimum Gasteiger partial charge on any atom is -1.00 e. The summed E-state index contributed by atoms with van der Waals surface area (Å²) in [6.07, 6.45) is 3.01. The Labute approximate surface area is 186 Å². The SMILES string of the molecule is Cc1ccc(C[P+](c2ccccc2)(c2ccccc2)c2ccccc2)cn1.Cl.[Cl-]. The van der Waals surface area contributed by atoms with Crippen molar-refractivity contribution in [2.45, 2.75) is 13.1 Å². The Hall–Kier alpha value is -2.18. The normalized spacial score (nSPS) is 10.5. The van der Waals surface area contributed by atoms with Crippen molar-refractivity contribution in [2.24, 2.45) is 0 Å². The fourth-order valence-corrected chi connectivity index (χ4v) is 7.85. The second-order valence-corrected chi connectivity index (χ2v) is 10.3. The van der Waals surface area contributed by atoms with Crippen molar-refractivity contribution in [1.29, 1.82) is 0 Å². The van der Waals surface area contributed by atoms with Gasteiger partial charge in [-0.3, -0.25) is 4.98 Å². The van der Waals surface area contributed by atoms with E-state index in [2.05, 4.69) is 108 Å². The second kappa shape index (κ2) is 10.6. The first-order valence-corrected chi connectivity index (χ1v) is 11.2. The molecule has 4 heteroatoms. The monoisotopic (exact) mass is 439 g/mol. The molecule has 0 aliphatic rings. The number of hydrogen-bond acceptors (Lipinski definition) is 1. The summed E-state index contributed by atoms with van der Waals surface area (Å²) in [7, 11) is -1.83. The van der Waals surface area contributed by atoms with Crippen LogP contribution in [0.2, 0.25) is 0 Å². The molecule has 1 nitrogen and oxygen atoms in total. The summed E-state index contributed by atoms with van der Waals surface area (Å²) in [6, 6.07) is 37.3. The molecule has 0 spiro atoms. The lowest BCUT2D eigenvalue weighted by atomic mass is 10.3. The summed E-state index contributed by atoms with van der Waals surface area (Å²) in [6.45, 7) is 2.04. The van der Waals surface area contributed by atoms with Crippen molar-refractivity contribution >= 4 is 35.6 Å². The molecule has 0 N–H and O–H groups in total. The van der Waals surface area contributed by atoms with Crippen molar-refractivity contribution in [3.63, 3.8) is 0 Å². The quantitative estimate of drug-likeness (QED) is 0.434. The molecule has 0 bridgehead atoms. The van der Waals surface area contributed by atoms with Crippen LogP contribution in [-0.4, -0.2) is 4.98 Å². The third-order valence-corrected chi connectivity index (χ3v) is 9.36. The van der Waals surface area contributed by atoms with Gasteiger partial charge < -0.3 is 12.4 Å². The number of pyridine rings is 1. The third-order valence-electron chi connectivity index (χ3n) is 4.98. The van der Waals surface area contributed by atoms with Gasteiger partial charge in [-0.25, -0.2) is 0 Å². The van der Waals surface area contributed by atoms with Crippen LogP contribution in [-0.2, 0) is 6.16 Å². The van der Waals surface area contributed by atoms with Gasteiger partial charge in [0.15, 0.2) is 0 Å². The largest absolute Gasteiger partial charge is 1.00 e. The summed E-state index contributed by atoms with van der Waals surface area (Å²) in [5.41, 5.74) is 2.34. The molecule has 0 aliphatic heterocycles. The highest BCUT2D eigenvalue weighted by Gasteiger charge is 2.45. The van der Waals surface area contributed by atoms with Crippen molar-refractivity contribution in [2.75, 3.05) is 0 Å². The van der Waals surface area contributed by atoms with E-state index in [1.807, 2.05) is 13.1 Å². The number of aromatic nitrogens is 1. The van der Waals surface area contributed by atoms with Crippen molar-refractivity contribution in [3.05, 3.63) is 121 Å². The van der Waals surface area contributed by atoms with E-state index in [-0.39, 0.29) is 24.8 Å². The van der Waals surface area contributed by atoms with Crippen LogP contribution in [0.15, 0.2) is 109 Å². The fourth-order valence-electron chi connectivity index (χ4n) is 3.63. The molecule has 0 aliphatic carbocycles. The molecule has 1 heterocycles. The predicted molar refractivity (Wildman–Crippen MR) is 125 cm³/mol. The minimum atomic E-state index is -1.83. The first kappa shape index (κ1) is 23.1. The zero-order chi connectivity index (χ0) is 18.5. The van der Waals surface area contributed by atoms with Gasteiger partial charge in [-0.15, -0.1) is 12.4 Å². The highest BCUT2D eigenvalue weighted by atomic mass is 35.5. The van der Waals surface area contributed by atoms with Gasteiger partial charge in [-0.05, 0) is 49.4 Å². The van der Waals surface area contributed by atoms with Crippen molar-refractivity contribution in [3.8, 4) is 0 Å². The van der Waals surface area contributed by atoms with Gasteiger partial charge in [0.2, 0.25) is 0 Å². The number of benzene rings is 3. The summed E-state index contributed by atoms with van der Waals surface area (Å²) in [4.78, 5) is 4.56. The smallest absolute Gasteiger partial charge is 0.116 e. The fraction of sp³-hybridized carbons (Fsp3) is 0.0800. The average Bonchev–Trinajstić information content (AvgIpc) is 2.75. The maximum absolute atomic E-state index is 4.56. The molecule has 0 saturated heterocycles. The van der Waals surface area contributed by atoms with Crippen LogP contribution in [0, 0.1) is 6.92 Å². The zero-order valence-electron chi connectivity index (χ0n) is 16.3. The van der Waals surface area contributed by atoms with E-state index in [1.54, 1.807) is 0 Å². The van der Waals surface area contributed by atoms with Gasteiger partial charge in [0.25, 0.3) is 0 Å². The van der Waals surface area contributed by atoms with E-state index < -0.39 is 7.26 Å². The molecule has 0 fully saturated rings. The Kier molecular flexibility index (Phi) is 8.41. The van der Waals surface area contributed by atoms with E-state index in [4.69, 9.17) is 0 Å². The average molecular weight is 440 g/mol. The number of nitrogens with zero attached hydrogens (tertiary/aromatic N) is 1. The summed E-state index contributed by atoms with van der Waals surface area (Å²) < 4.78 is 0. The molecule has 0 radical (unpaired) electrons. The molecule has 4 rings (SSSR count). The van der Waals surface area contributed by atoms with Gasteiger partial charge in [0.1, 0.15) is 23.2 Å². The molecule has 3 aromatic carbocycles. The van der Waals surface area contributed by atoms with E-state index in [1.165, 1.54) is 21.5 Å². The molecular formula is C25H24Cl2NP. The van der Waals surface area contributed by atoms with E-state index in [9.17, 15) is 0 Å². The molecular weight excluding hydrogens is 416 g/mol. The standard InChI is InChI=1S/C25H23NP.2ClH/c1-21-17-18-22(19-26-21)20-27(23-11-5-2-6-12-23,24-13-7-3-8-14-24)25-15-9-4-10-16-25;;/h2-19H,20H2,1H3;2*1H/q+1;;/p-1. The lowest BCUT2D eigenvalue weighted by Crippen LogP contribution is -3.00. The van der Waals surface area contributed by atoms with Crippen LogP contribution >= 0.6 is 19.7 Å². The minimum absolute atomic E-state index is 0. The predicted octanol–water partition coefficient (Wildman–Crippen LogP) is 2.31. The van der Waals surface area contributed by atoms with Crippen LogP contribution < -0.4 is 28.3 Å². The Morgan fingerprint density at radius 2 is 1.03 bits per heavy atom. The highest BCUT2D eigenvalue weighted by molar-refractivity contribution is 7.95. The summed E-state index contributed by atoms with van der Waals surface area (Å²) >= 11 is 0.